The van der Waals surface area contributed by atoms with Crippen LogP contribution in [0, 0.1) is 28.6 Å². The zero-order valence-electron chi connectivity index (χ0n) is 22.8. The van der Waals surface area contributed by atoms with Gasteiger partial charge in [0.1, 0.15) is 6.61 Å². The number of benzene rings is 1. The highest BCUT2D eigenvalue weighted by molar-refractivity contribution is 6.69. The maximum Gasteiger partial charge on any atom is 0.184 e. The molecule has 2 fully saturated rings. The molecule has 0 N–H and O–H groups in total. The van der Waals surface area contributed by atoms with Gasteiger partial charge in [-0.1, -0.05) is 67.1 Å². The van der Waals surface area contributed by atoms with Gasteiger partial charge in [0.15, 0.2) is 8.32 Å². The van der Waals surface area contributed by atoms with Crippen LogP contribution in [0.3, 0.4) is 0 Å². The van der Waals surface area contributed by atoms with Gasteiger partial charge in [0.2, 0.25) is 0 Å². The molecule has 1 aromatic rings. The van der Waals surface area contributed by atoms with E-state index in [1.165, 1.54) is 50.5 Å². The standard InChI is InChI=1S/C31H45NO2Si/c1-22(32-33-21-23-10-8-7-9-11-23)27-14-15-28-26-13-12-24-20-25(34-35(4,5)6)16-18-30(24,2)29(26)17-19-31(27,28)3/h7-12,14,25-26,28-29H,13,15-21H2,1-6H3/b32-22+/t25?,26-,28-,29-,30-,31+/m0/s1. The summed E-state index contributed by atoms with van der Waals surface area (Å²) in [6, 6.07) is 10.3. The Bertz CT molecular complexity index is 1020. The fourth-order valence-electron chi connectivity index (χ4n) is 8.18. The molecular formula is C31H45NO2Si. The van der Waals surface area contributed by atoms with Crippen LogP contribution in [0.2, 0.25) is 19.6 Å². The number of hydrogen-bond donors (Lipinski definition) is 0. The number of rotatable bonds is 6. The molecule has 0 aliphatic heterocycles. The Balaban J connectivity index is 1.29. The lowest BCUT2D eigenvalue weighted by atomic mass is 9.47. The summed E-state index contributed by atoms with van der Waals surface area (Å²) in [7, 11) is -1.49. The number of oxime groups is 1. The van der Waals surface area contributed by atoms with Crippen molar-refractivity contribution in [3.8, 4) is 0 Å². The number of fused-ring (bicyclic) bond motifs is 5. The lowest BCUT2D eigenvalue weighted by molar-refractivity contribution is -0.0262. The lowest BCUT2D eigenvalue weighted by Gasteiger charge is -2.58. The molecule has 4 aliphatic rings. The first-order valence-electron chi connectivity index (χ1n) is 13.9. The fraction of sp³-hybridized carbons (Fsp3) is 0.645. The Morgan fingerprint density at radius 1 is 0.971 bits per heavy atom. The average molecular weight is 492 g/mol. The lowest BCUT2D eigenvalue weighted by Crippen LogP contribution is -2.51. The summed E-state index contributed by atoms with van der Waals surface area (Å²) in [5, 5.41) is 4.58. The van der Waals surface area contributed by atoms with E-state index in [1.807, 2.05) is 6.07 Å². The molecule has 1 aromatic carbocycles. The number of hydrogen-bond acceptors (Lipinski definition) is 3. The summed E-state index contributed by atoms with van der Waals surface area (Å²) in [4.78, 5) is 5.79. The highest BCUT2D eigenvalue weighted by atomic mass is 28.4. The zero-order valence-corrected chi connectivity index (χ0v) is 23.8. The van der Waals surface area contributed by atoms with E-state index in [9.17, 15) is 0 Å². The van der Waals surface area contributed by atoms with Gasteiger partial charge >= 0.3 is 0 Å². The maximum atomic E-state index is 6.56. The average Bonchev–Trinajstić information content (AvgIpc) is 3.16. The summed E-state index contributed by atoms with van der Waals surface area (Å²) in [6.07, 6.45) is 14.3. The predicted molar refractivity (Wildman–Crippen MR) is 148 cm³/mol. The van der Waals surface area contributed by atoms with Gasteiger partial charge in [-0.25, -0.2) is 0 Å². The van der Waals surface area contributed by atoms with Crippen molar-refractivity contribution in [1.29, 1.82) is 0 Å². The second-order valence-electron chi connectivity index (χ2n) is 13.1. The van der Waals surface area contributed by atoms with Crippen LogP contribution in [0.25, 0.3) is 0 Å². The molecule has 1 unspecified atom stereocenters. The molecule has 0 aromatic heterocycles. The third-order valence-electron chi connectivity index (χ3n) is 9.83. The third-order valence-corrected chi connectivity index (χ3v) is 10.9. The molecule has 0 bridgehead atoms. The Labute approximate surface area is 214 Å². The molecule has 0 saturated heterocycles. The molecule has 2 saturated carbocycles. The van der Waals surface area contributed by atoms with Gasteiger partial charge in [0.25, 0.3) is 0 Å². The van der Waals surface area contributed by atoms with E-state index in [-0.39, 0.29) is 5.41 Å². The van der Waals surface area contributed by atoms with Crippen molar-refractivity contribution in [2.75, 3.05) is 0 Å². The first-order chi connectivity index (χ1) is 16.6. The number of allylic oxidation sites excluding steroid dienone is 3. The van der Waals surface area contributed by atoms with Crippen molar-refractivity contribution < 1.29 is 9.26 Å². The molecule has 3 nitrogen and oxygen atoms in total. The summed E-state index contributed by atoms with van der Waals surface area (Å²) in [5.74, 6) is 2.32. The summed E-state index contributed by atoms with van der Waals surface area (Å²) in [5.41, 5.74) is 6.00. The summed E-state index contributed by atoms with van der Waals surface area (Å²) < 4.78 is 6.56. The Morgan fingerprint density at radius 3 is 2.46 bits per heavy atom. The van der Waals surface area contributed by atoms with Crippen molar-refractivity contribution in [1.82, 2.24) is 0 Å². The Kier molecular flexibility index (Phi) is 6.67. The quantitative estimate of drug-likeness (QED) is 0.173. The van der Waals surface area contributed by atoms with Crippen molar-refractivity contribution >= 4 is 14.0 Å². The zero-order chi connectivity index (χ0) is 24.8. The molecule has 0 heterocycles. The van der Waals surface area contributed by atoms with Crippen LogP contribution in [0.4, 0.5) is 0 Å². The first kappa shape index (κ1) is 25.0. The van der Waals surface area contributed by atoms with E-state index in [0.29, 0.717) is 18.1 Å². The molecule has 0 amide bonds. The van der Waals surface area contributed by atoms with Crippen LogP contribution < -0.4 is 0 Å². The molecule has 0 radical (unpaired) electrons. The van der Waals surface area contributed by atoms with Gasteiger partial charge < -0.3 is 9.26 Å². The highest BCUT2D eigenvalue weighted by Crippen LogP contribution is 2.65. The van der Waals surface area contributed by atoms with E-state index >= 15 is 0 Å². The first-order valence-corrected chi connectivity index (χ1v) is 17.3. The topological polar surface area (TPSA) is 30.8 Å². The third kappa shape index (κ3) is 4.73. The Morgan fingerprint density at radius 2 is 1.71 bits per heavy atom. The van der Waals surface area contributed by atoms with E-state index in [2.05, 4.69) is 82.0 Å². The molecule has 4 aliphatic carbocycles. The Hall–Kier alpha value is -1.65. The van der Waals surface area contributed by atoms with Gasteiger partial charge in [-0.05, 0) is 111 Å². The van der Waals surface area contributed by atoms with Crippen molar-refractivity contribution in [2.45, 2.75) is 98.1 Å². The molecule has 6 atom stereocenters. The van der Waals surface area contributed by atoms with Gasteiger partial charge in [-0.3, -0.25) is 0 Å². The number of nitrogens with zero attached hydrogens (tertiary/aromatic N) is 1. The summed E-state index contributed by atoms with van der Waals surface area (Å²) >= 11 is 0. The van der Waals surface area contributed by atoms with E-state index in [4.69, 9.17) is 9.26 Å². The highest BCUT2D eigenvalue weighted by Gasteiger charge is 2.57. The monoisotopic (exact) mass is 491 g/mol. The largest absolute Gasteiger partial charge is 0.414 e. The van der Waals surface area contributed by atoms with E-state index in [1.54, 1.807) is 5.57 Å². The van der Waals surface area contributed by atoms with Crippen molar-refractivity contribution in [3.63, 3.8) is 0 Å². The van der Waals surface area contributed by atoms with Crippen LogP contribution in [-0.2, 0) is 15.9 Å². The fourth-order valence-corrected chi connectivity index (χ4v) is 9.38. The van der Waals surface area contributed by atoms with E-state index < -0.39 is 8.32 Å². The maximum absolute atomic E-state index is 6.56. The van der Waals surface area contributed by atoms with Gasteiger partial charge in [-0.15, -0.1) is 0 Å². The molecular weight excluding hydrogens is 446 g/mol. The van der Waals surface area contributed by atoms with Crippen LogP contribution in [0.1, 0.15) is 71.3 Å². The second kappa shape index (κ2) is 9.34. The molecule has 5 rings (SSSR count). The summed E-state index contributed by atoms with van der Waals surface area (Å²) in [6.45, 7) is 14.8. The van der Waals surface area contributed by atoms with Crippen molar-refractivity contribution in [2.24, 2.45) is 33.7 Å². The van der Waals surface area contributed by atoms with Gasteiger partial charge in [0, 0.05) is 6.10 Å². The van der Waals surface area contributed by atoms with Crippen LogP contribution in [0.15, 0.2) is 58.8 Å². The SMILES string of the molecule is C/C(=N\OCc1ccccc1)C1=CC[C@H]2[C@@H]3CC=C4CC(O[Si](C)(C)C)CC[C@]4(C)[C@H]3CC[C@]12C. The van der Waals surface area contributed by atoms with Crippen LogP contribution in [0.5, 0.6) is 0 Å². The smallest absolute Gasteiger partial charge is 0.184 e. The minimum absolute atomic E-state index is 0.227. The van der Waals surface area contributed by atoms with Crippen molar-refractivity contribution in [3.05, 3.63) is 59.2 Å². The van der Waals surface area contributed by atoms with Gasteiger partial charge in [-0.2, -0.15) is 0 Å². The van der Waals surface area contributed by atoms with Crippen LogP contribution >= 0.6 is 0 Å². The second-order valence-corrected chi connectivity index (χ2v) is 17.6. The molecule has 35 heavy (non-hydrogen) atoms. The minimum atomic E-state index is -1.49. The predicted octanol–water partition coefficient (Wildman–Crippen LogP) is 8.30. The van der Waals surface area contributed by atoms with E-state index in [0.717, 1.165) is 29.0 Å². The molecule has 0 spiro atoms. The van der Waals surface area contributed by atoms with Crippen LogP contribution in [-0.4, -0.2) is 20.1 Å². The normalized spacial score (nSPS) is 37.0. The molecule has 190 valence electrons. The molecule has 4 heteroatoms. The van der Waals surface area contributed by atoms with Gasteiger partial charge in [0.05, 0.1) is 5.71 Å². The minimum Gasteiger partial charge on any atom is -0.414 e.